The van der Waals surface area contributed by atoms with E-state index in [4.69, 9.17) is 0 Å². The zero-order valence-corrected chi connectivity index (χ0v) is 10.3. The molecule has 0 radical (unpaired) electrons. The summed E-state index contributed by atoms with van der Waals surface area (Å²) in [4.78, 5) is 0. The second-order valence-electron chi connectivity index (χ2n) is 4.50. The molecule has 21 heavy (non-hydrogen) atoms. The Bertz CT molecular complexity index is 520. The van der Waals surface area contributed by atoms with Crippen molar-refractivity contribution in [3.8, 4) is 0 Å². The van der Waals surface area contributed by atoms with Crippen molar-refractivity contribution in [3.63, 3.8) is 0 Å². The van der Waals surface area contributed by atoms with Gasteiger partial charge in [0.05, 0.1) is 0 Å². The van der Waals surface area contributed by atoms with Crippen molar-refractivity contribution in [3.05, 3.63) is 41.5 Å². The van der Waals surface area contributed by atoms with Crippen LogP contribution in [0.5, 0.6) is 0 Å². The van der Waals surface area contributed by atoms with Crippen LogP contribution in [0.1, 0.15) is 17.2 Å². The van der Waals surface area contributed by atoms with Crippen molar-refractivity contribution in [2.75, 3.05) is 0 Å². The Morgan fingerprint density at radius 2 is 1.57 bits per heavy atom. The lowest BCUT2D eigenvalue weighted by molar-refractivity contribution is -0.332. The molecule has 0 saturated heterocycles. The van der Waals surface area contributed by atoms with E-state index in [0.717, 1.165) is 6.08 Å². The van der Waals surface area contributed by atoms with Crippen molar-refractivity contribution < 1.29 is 36.2 Å². The van der Waals surface area contributed by atoms with E-state index in [9.17, 15) is 31.4 Å². The van der Waals surface area contributed by atoms with Gasteiger partial charge in [-0.2, -0.15) is 26.3 Å². The molecule has 1 aliphatic rings. The highest BCUT2D eigenvalue weighted by atomic mass is 19.4. The van der Waals surface area contributed by atoms with Crippen LogP contribution in [-0.2, 0) is 4.74 Å². The van der Waals surface area contributed by atoms with Gasteiger partial charge in [0.2, 0.25) is 6.10 Å². The first-order chi connectivity index (χ1) is 9.60. The number of alkyl halides is 6. The molecule has 8 heteroatoms. The molecule has 0 aromatic heterocycles. The average Bonchev–Trinajstić information content (AvgIpc) is 2.35. The maximum absolute atomic E-state index is 12.4. The second kappa shape index (κ2) is 5.34. The van der Waals surface area contributed by atoms with Crippen molar-refractivity contribution in [2.24, 2.45) is 0 Å². The number of fused-ring (bicyclic) bond motifs is 1. The zero-order chi connectivity index (χ0) is 15.8. The number of hydrogen-bond acceptors (Lipinski definition) is 2. The number of aliphatic hydroxyl groups is 1. The lowest BCUT2D eigenvalue weighted by Crippen LogP contribution is -2.47. The number of rotatable bonds is 2. The normalized spacial score (nSPS) is 22.5. The van der Waals surface area contributed by atoms with E-state index in [1.54, 1.807) is 12.1 Å². The van der Waals surface area contributed by atoms with Crippen LogP contribution in [0, 0.1) is 0 Å². The highest BCUT2D eigenvalue weighted by Gasteiger charge is 2.59. The summed E-state index contributed by atoms with van der Waals surface area (Å²) in [5, 5.41) is 9.89. The Hall–Kier alpha value is -1.54. The molecule has 0 heterocycles. The molecule has 1 N–H and O–H groups in total. The van der Waals surface area contributed by atoms with E-state index < -0.39 is 30.7 Å². The number of benzene rings is 1. The molecule has 2 atom stereocenters. The summed E-state index contributed by atoms with van der Waals surface area (Å²) < 4.78 is 78.8. The predicted octanol–water partition coefficient (Wildman–Crippen LogP) is 3.63. The minimum atomic E-state index is -5.61. The number of halogens is 6. The summed E-state index contributed by atoms with van der Waals surface area (Å²) >= 11 is 0. The Labute approximate surface area is 115 Å². The van der Waals surface area contributed by atoms with Crippen LogP contribution in [0.3, 0.4) is 0 Å². The summed E-state index contributed by atoms with van der Waals surface area (Å²) in [7, 11) is 0. The van der Waals surface area contributed by atoms with Gasteiger partial charge in [0, 0.05) is 0 Å². The maximum atomic E-state index is 12.4. The van der Waals surface area contributed by atoms with Crippen molar-refractivity contribution in [1.29, 1.82) is 0 Å². The van der Waals surface area contributed by atoms with Crippen LogP contribution >= 0.6 is 0 Å². The molecular formula is C13H10F6O2. The van der Waals surface area contributed by atoms with Crippen molar-refractivity contribution in [1.82, 2.24) is 0 Å². The van der Waals surface area contributed by atoms with Gasteiger partial charge in [-0.3, -0.25) is 0 Å². The van der Waals surface area contributed by atoms with Gasteiger partial charge in [-0.1, -0.05) is 36.4 Å². The molecule has 0 fully saturated rings. The van der Waals surface area contributed by atoms with Gasteiger partial charge in [-0.15, -0.1) is 0 Å². The van der Waals surface area contributed by atoms with E-state index >= 15 is 0 Å². The van der Waals surface area contributed by atoms with E-state index in [2.05, 4.69) is 4.74 Å². The zero-order valence-electron chi connectivity index (χ0n) is 10.3. The first kappa shape index (κ1) is 15.8. The summed E-state index contributed by atoms with van der Waals surface area (Å²) in [6, 6.07) is 6.14. The summed E-state index contributed by atoms with van der Waals surface area (Å²) in [5.41, 5.74) is 0.730. The van der Waals surface area contributed by atoms with E-state index in [1.807, 2.05) is 0 Å². The Balaban J connectivity index is 2.24. The maximum Gasteiger partial charge on any atom is 0.423 e. The smallest absolute Gasteiger partial charge is 0.385 e. The predicted molar refractivity (Wildman–Crippen MR) is 61.2 cm³/mol. The van der Waals surface area contributed by atoms with Crippen molar-refractivity contribution >= 4 is 6.08 Å². The number of hydrogen-bond donors (Lipinski definition) is 1. The number of aliphatic hydroxyl groups excluding tert-OH is 1. The molecule has 0 aliphatic heterocycles. The fourth-order valence-corrected chi connectivity index (χ4v) is 2.03. The largest absolute Gasteiger partial charge is 0.423 e. The van der Waals surface area contributed by atoms with Gasteiger partial charge in [-0.05, 0) is 11.1 Å². The lowest BCUT2D eigenvalue weighted by atomic mass is 9.93. The van der Waals surface area contributed by atoms with Crippen LogP contribution in [0.25, 0.3) is 6.08 Å². The quantitative estimate of drug-likeness (QED) is 0.845. The molecule has 2 nitrogen and oxygen atoms in total. The molecule has 1 aromatic carbocycles. The molecule has 1 aromatic rings. The monoisotopic (exact) mass is 312 g/mol. The summed E-state index contributed by atoms with van der Waals surface area (Å²) in [6.07, 6.45) is -16.2. The third kappa shape index (κ3) is 3.38. The van der Waals surface area contributed by atoms with Gasteiger partial charge >= 0.3 is 12.4 Å². The van der Waals surface area contributed by atoms with Gasteiger partial charge in [0.1, 0.15) is 12.2 Å². The Morgan fingerprint density at radius 1 is 1.00 bits per heavy atom. The summed E-state index contributed by atoms with van der Waals surface area (Å²) in [6.45, 7) is 0. The SMILES string of the molecule is O[C@H]1c2ccccc2C=C[C@@H]1OC(C(F)(F)F)C(F)(F)F. The molecule has 1 aliphatic carbocycles. The van der Waals surface area contributed by atoms with E-state index in [0.29, 0.717) is 5.56 Å². The molecule has 2 rings (SSSR count). The van der Waals surface area contributed by atoms with Crippen molar-refractivity contribution in [2.45, 2.75) is 30.7 Å². The Morgan fingerprint density at radius 3 is 2.14 bits per heavy atom. The van der Waals surface area contributed by atoms with Gasteiger partial charge < -0.3 is 9.84 Å². The number of ether oxygens (including phenoxy) is 1. The van der Waals surface area contributed by atoms with E-state index in [-0.39, 0.29) is 5.56 Å². The fraction of sp³-hybridized carbons (Fsp3) is 0.385. The van der Waals surface area contributed by atoms with Crippen LogP contribution in [0.4, 0.5) is 26.3 Å². The molecule has 0 spiro atoms. The molecule has 0 saturated carbocycles. The standard InChI is InChI=1S/C13H10F6O2/c14-12(15,16)11(13(17,18)19)21-9-6-5-7-3-1-2-4-8(7)10(9)20/h1-6,9-11,20H/t9-,10-/m0/s1. The van der Waals surface area contributed by atoms with Crippen LogP contribution in [-0.4, -0.2) is 29.7 Å². The second-order valence-corrected chi connectivity index (χ2v) is 4.50. The fourth-order valence-electron chi connectivity index (χ4n) is 2.03. The first-order valence-electron chi connectivity index (χ1n) is 5.85. The molecule has 116 valence electrons. The molecule has 0 unspecified atom stereocenters. The van der Waals surface area contributed by atoms with E-state index in [1.165, 1.54) is 18.2 Å². The first-order valence-corrected chi connectivity index (χ1v) is 5.85. The van der Waals surface area contributed by atoms with Gasteiger partial charge in [0.15, 0.2) is 0 Å². The molecule has 0 bridgehead atoms. The molecular weight excluding hydrogens is 302 g/mol. The third-order valence-corrected chi connectivity index (χ3v) is 2.98. The van der Waals surface area contributed by atoms with Crippen LogP contribution in [0.15, 0.2) is 30.3 Å². The van der Waals surface area contributed by atoms with Crippen LogP contribution < -0.4 is 0 Å². The summed E-state index contributed by atoms with van der Waals surface area (Å²) in [5.74, 6) is 0. The average molecular weight is 312 g/mol. The highest BCUT2D eigenvalue weighted by molar-refractivity contribution is 5.58. The minimum Gasteiger partial charge on any atom is -0.385 e. The molecule has 0 amide bonds. The lowest BCUT2D eigenvalue weighted by Gasteiger charge is -2.31. The third-order valence-electron chi connectivity index (χ3n) is 2.98. The van der Waals surface area contributed by atoms with Crippen LogP contribution in [0.2, 0.25) is 0 Å². The minimum absolute atomic E-state index is 0.216. The van der Waals surface area contributed by atoms with Gasteiger partial charge in [-0.25, -0.2) is 0 Å². The van der Waals surface area contributed by atoms with Gasteiger partial charge in [0.25, 0.3) is 0 Å². The highest BCUT2D eigenvalue weighted by Crippen LogP contribution is 2.39. The Kier molecular flexibility index (Phi) is 4.03. The topological polar surface area (TPSA) is 29.5 Å².